The summed E-state index contributed by atoms with van der Waals surface area (Å²) in [6, 6.07) is 0. The predicted molar refractivity (Wildman–Crippen MR) is 25.6 cm³/mol. The van der Waals surface area contributed by atoms with Crippen molar-refractivity contribution in [2.45, 2.75) is 0 Å². The molecule has 39 valence electrons. The first-order valence-electron chi connectivity index (χ1n) is 2.43. The summed E-state index contributed by atoms with van der Waals surface area (Å²) in [6.45, 7) is 2.98. The molecule has 0 aromatic heterocycles. The Labute approximate surface area is 44.1 Å². The highest BCUT2D eigenvalue weighted by atomic mass is 16.5. The van der Waals surface area contributed by atoms with Gasteiger partial charge < -0.3 is 4.74 Å². The molecule has 0 saturated carbocycles. The summed E-state index contributed by atoms with van der Waals surface area (Å²) in [6.07, 6.45) is 0. The third kappa shape index (κ3) is 1.45. The molecule has 1 aliphatic rings. The molecule has 1 heterocycles. The van der Waals surface area contributed by atoms with E-state index in [1.165, 1.54) is 4.90 Å². The zero-order valence-corrected chi connectivity index (χ0v) is 4.18. The van der Waals surface area contributed by atoms with Gasteiger partial charge in [-0.15, -0.1) is 0 Å². The van der Waals surface area contributed by atoms with Crippen molar-refractivity contribution in [2.24, 2.45) is 0 Å². The number of nitrogens with zero attached hydrogens (tertiary/aromatic N) is 1. The van der Waals surface area contributed by atoms with E-state index in [2.05, 4.69) is 0 Å². The van der Waals surface area contributed by atoms with Crippen molar-refractivity contribution in [3.8, 4) is 0 Å². The van der Waals surface area contributed by atoms with E-state index in [1.54, 1.807) is 0 Å². The SMILES string of the molecule is [C]N1CCOCC1. The van der Waals surface area contributed by atoms with Crippen molar-refractivity contribution >= 4 is 0 Å². The lowest BCUT2D eigenvalue weighted by molar-refractivity contribution is 0.0580. The second-order valence-corrected chi connectivity index (χ2v) is 1.60. The van der Waals surface area contributed by atoms with Gasteiger partial charge in [-0.2, -0.15) is 0 Å². The summed E-state index contributed by atoms with van der Waals surface area (Å²) in [7, 11) is 7.03. The van der Waals surface area contributed by atoms with Gasteiger partial charge in [-0.25, -0.2) is 0 Å². The fourth-order valence-electron chi connectivity index (χ4n) is 0.563. The maximum absolute atomic E-state index is 7.03. The fourth-order valence-corrected chi connectivity index (χ4v) is 0.563. The van der Waals surface area contributed by atoms with E-state index in [0.717, 1.165) is 26.3 Å². The van der Waals surface area contributed by atoms with Crippen LogP contribution in [0.2, 0.25) is 0 Å². The molecule has 0 amide bonds. The van der Waals surface area contributed by atoms with E-state index in [9.17, 15) is 0 Å². The highest BCUT2D eigenvalue weighted by molar-refractivity contribution is 4.57. The Morgan fingerprint density at radius 3 is 2.14 bits per heavy atom. The van der Waals surface area contributed by atoms with Crippen molar-refractivity contribution in [3.05, 3.63) is 7.05 Å². The molecule has 0 unspecified atom stereocenters. The first kappa shape index (κ1) is 5.06. The summed E-state index contributed by atoms with van der Waals surface area (Å²) in [5.41, 5.74) is 0. The molecular weight excluding hydrogens is 90.1 g/mol. The molecule has 1 fully saturated rings. The van der Waals surface area contributed by atoms with Crippen LogP contribution in [0.4, 0.5) is 0 Å². The van der Waals surface area contributed by atoms with Crippen LogP contribution in [0.5, 0.6) is 0 Å². The average molecular weight is 98.1 g/mol. The molecule has 0 atom stereocenters. The van der Waals surface area contributed by atoms with Gasteiger partial charge in [0, 0.05) is 13.1 Å². The Hall–Kier alpha value is -0.0800. The minimum absolute atomic E-state index is 0.726. The Kier molecular flexibility index (Phi) is 1.65. The Bertz CT molecular complexity index is 50.0. The van der Waals surface area contributed by atoms with Crippen LogP contribution in [0.3, 0.4) is 0 Å². The van der Waals surface area contributed by atoms with Crippen LogP contribution >= 0.6 is 0 Å². The van der Waals surface area contributed by atoms with Gasteiger partial charge in [-0.3, -0.25) is 4.90 Å². The van der Waals surface area contributed by atoms with E-state index in [0.29, 0.717) is 0 Å². The summed E-state index contributed by atoms with van der Waals surface area (Å²) in [5, 5.41) is 0. The monoisotopic (exact) mass is 98.1 g/mol. The number of hydrogen-bond acceptors (Lipinski definition) is 2. The van der Waals surface area contributed by atoms with Gasteiger partial charge in [0.2, 0.25) is 0 Å². The second-order valence-electron chi connectivity index (χ2n) is 1.60. The van der Waals surface area contributed by atoms with Gasteiger partial charge in [-0.1, -0.05) is 0 Å². The largest absolute Gasteiger partial charge is 0.379 e. The van der Waals surface area contributed by atoms with Crippen LogP contribution in [0, 0.1) is 7.05 Å². The van der Waals surface area contributed by atoms with Crippen LogP contribution in [0.15, 0.2) is 0 Å². The topological polar surface area (TPSA) is 12.5 Å². The molecule has 2 heteroatoms. The van der Waals surface area contributed by atoms with Crippen LogP contribution in [-0.4, -0.2) is 31.2 Å². The van der Waals surface area contributed by atoms with E-state index in [1.807, 2.05) is 0 Å². The van der Waals surface area contributed by atoms with Crippen LogP contribution in [0.25, 0.3) is 0 Å². The molecule has 7 heavy (non-hydrogen) atoms. The second kappa shape index (κ2) is 2.28. The lowest BCUT2D eigenvalue weighted by Crippen LogP contribution is -2.30. The summed E-state index contributed by atoms with van der Waals surface area (Å²) >= 11 is 0. The highest BCUT2D eigenvalue weighted by Crippen LogP contribution is 1.91. The first-order chi connectivity index (χ1) is 3.39. The smallest absolute Gasteiger partial charge is 0.0884 e. The molecule has 3 radical (unpaired) electrons. The van der Waals surface area contributed by atoms with E-state index < -0.39 is 0 Å². The van der Waals surface area contributed by atoms with Crippen molar-refractivity contribution in [2.75, 3.05) is 26.3 Å². The molecule has 0 bridgehead atoms. The number of rotatable bonds is 0. The van der Waals surface area contributed by atoms with Gasteiger partial charge in [-0.05, 0) is 0 Å². The van der Waals surface area contributed by atoms with Crippen LogP contribution < -0.4 is 0 Å². The molecule has 0 N–H and O–H groups in total. The summed E-state index contributed by atoms with van der Waals surface area (Å²) in [4.78, 5) is 1.52. The van der Waals surface area contributed by atoms with Crippen molar-refractivity contribution in [1.29, 1.82) is 0 Å². The third-order valence-electron chi connectivity index (χ3n) is 1.01. The molecule has 2 nitrogen and oxygen atoms in total. The zero-order valence-electron chi connectivity index (χ0n) is 4.18. The molecule has 0 aromatic rings. The lowest BCUT2D eigenvalue weighted by Gasteiger charge is -2.20. The third-order valence-corrected chi connectivity index (χ3v) is 1.01. The molecular formula is C5H8NO. The van der Waals surface area contributed by atoms with Crippen LogP contribution in [0.1, 0.15) is 0 Å². The van der Waals surface area contributed by atoms with E-state index >= 15 is 0 Å². The maximum Gasteiger partial charge on any atom is 0.0884 e. The van der Waals surface area contributed by atoms with Gasteiger partial charge >= 0.3 is 0 Å². The van der Waals surface area contributed by atoms with Gasteiger partial charge in [0.15, 0.2) is 0 Å². The van der Waals surface area contributed by atoms with Gasteiger partial charge in [0.05, 0.1) is 20.3 Å². The predicted octanol–water partition coefficient (Wildman–Crippen LogP) is -0.136. The fraction of sp³-hybridized carbons (Fsp3) is 0.800. The molecule has 0 spiro atoms. The Morgan fingerprint density at radius 2 is 1.86 bits per heavy atom. The number of morpholine rings is 1. The Balaban J connectivity index is 2.12. The van der Waals surface area contributed by atoms with Gasteiger partial charge in [0.1, 0.15) is 0 Å². The molecule has 1 rings (SSSR count). The quantitative estimate of drug-likeness (QED) is 0.418. The number of ether oxygens (including phenoxy) is 1. The van der Waals surface area contributed by atoms with Crippen molar-refractivity contribution < 1.29 is 4.74 Å². The van der Waals surface area contributed by atoms with E-state index in [-0.39, 0.29) is 0 Å². The van der Waals surface area contributed by atoms with Crippen molar-refractivity contribution in [3.63, 3.8) is 0 Å². The standard InChI is InChI=1S/C5H8NO/c1-6-2-4-7-5-3-6/h2-5H2. The minimum atomic E-state index is 0.726. The lowest BCUT2D eigenvalue weighted by atomic mass is 10.5. The van der Waals surface area contributed by atoms with E-state index in [4.69, 9.17) is 11.8 Å². The highest BCUT2D eigenvalue weighted by Gasteiger charge is 2.03. The normalized spacial score (nSPS) is 25.3. The van der Waals surface area contributed by atoms with Crippen LogP contribution in [-0.2, 0) is 4.74 Å². The van der Waals surface area contributed by atoms with Crippen molar-refractivity contribution in [1.82, 2.24) is 4.90 Å². The maximum atomic E-state index is 7.03. The van der Waals surface area contributed by atoms with Gasteiger partial charge in [0.25, 0.3) is 0 Å². The zero-order chi connectivity index (χ0) is 5.11. The molecule has 1 aliphatic heterocycles. The Morgan fingerprint density at radius 1 is 1.29 bits per heavy atom. The molecule has 0 aromatic carbocycles. The molecule has 0 aliphatic carbocycles. The number of hydrogen-bond donors (Lipinski definition) is 0. The molecule has 1 saturated heterocycles. The summed E-state index contributed by atoms with van der Waals surface area (Å²) in [5.74, 6) is 0. The average Bonchev–Trinajstić information content (AvgIpc) is 1.69. The minimum Gasteiger partial charge on any atom is -0.379 e. The summed E-state index contributed by atoms with van der Waals surface area (Å²) < 4.78 is 4.98. The first-order valence-corrected chi connectivity index (χ1v) is 2.43.